The lowest BCUT2D eigenvalue weighted by molar-refractivity contribution is 0.305. The topological polar surface area (TPSA) is 43.1 Å². The number of benzene rings is 1. The largest absolute Gasteiger partial charge is 0.399 e. The molecule has 0 aromatic heterocycles. The van der Waals surface area contributed by atoms with E-state index in [9.17, 15) is 4.21 Å². The van der Waals surface area contributed by atoms with Gasteiger partial charge in [0.2, 0.25) is 0 Å². The Morgan fingerprint density at radius 1 is 1.22 bits per heavy atom. The van der Waals surface area contributed by atoms with Gasteiger partial charge in [0, 0.05) is 10.9 Å². The van der Waals surface area contributed by atoms with Gasteiger partial charge in [-0.2, -0.15) is 0 Å². The molecular formula is C14H20ClNOS. The van der Waals surface area contributed by atoms with E-state index in [1.165, 1.54) is 6.42 Å². The molecule has 100 valence electrons. The quantitative estimate of drug-likeness (QED) is 0.839. The summed E-state index contributed by atoms with van der Waals surface area (Å²) >= 11 is 6.13. The highest BCUT2D eigenvalue weighted by molar-refractivity contribution is 7.85. The highest BCUT2D eigenvalue weighted by Gasteiger charge is 2.29. The second-order valence-electron chi connectivity index (χ2n) is 5.53. The number of hydrogen-bond acceptors (Lipinski definition) is 2. The number of nitrogens with two attached hydrogens (primary N) is 1. The minimum absolute atomic E-state index is 0.211. The van der Waals surface area contributed by atoms with Crippen LogP contribution in [0.5, 0.6) is 0 Å². The molecule has 0 aliphatic heterocycles. The third kappa shape index (κ3) is 3.07. The first kappa shape index (κ1) is 13.9. The standard InChI is InChI=1S/C14H20ClNOS/c1-9-5-10(2)7-12(6-9)18(17)14-8-11(16)3-4-13(14)15/h3-4,8-10,12H,5-7,16H2,1-2H3. The molecule has 0 heterocycles. The molecule has 1 saturated carbocycles. The molecule has 1 aliphatic rings. The fourth-order valence-corrected chi connectivity index (χ4v) is 5.13. The molecule has 3 atom stereocenters. The molecule has 1 aromatic carbocycles. The van der Waals surface area contributed by atoms with E-state index in [1.807, 2.05) is 0 Å². The molecule has 1 aromatic rings. The molecule has 0 amide bonds. The van der Waals surface area contributed by atoms with Crippen molar-refractivity contribution in [2.24, 2.45) is 11.8 Å². The number of anilines is 1. The summed E-state index contributed by atoms with van der Waals surface area (Å²) in [5, 5.41) is 0.775. The lowest BCUT2D eigenvalue weighted by Gasteiger charge is -2.31. The SMILES string of the molecule is CC1CC(C)CC(S(=O)c2cc(N)ccc2Cl)C1. The summed E-state index contributed by atoms with van der Waals surface area (Å²) in [4.78, 5) is 0.697. The Morgan fingerprint density at radius 3 is 2.44 bits per heavy atom. The summed E-state index contributed by atoms with van der Waals surface area (Å²) in [5.41, 5.74) is 6.38. The first-order valence-electron chi connectivity index (χ1n) is 6.43. The van der Waals surface area contributed by atoms with Gasteiger partial charge in [-0.05, 0) is 49.3 Å². The van der Waals surface area contributed by atoms with Crippen molar-refractivity contribution in [3.8, 4) is 0 Å². The van der Waals surface area contributed by atoms with Crippen molar-refractivity contribution in [3.63, 3.8) is 0 Å². The van der Waals surface area contributed by atoms with Crippen LogP contribution in [0.15, 0.2) is 23.1 Å². The maximum absolute atomic E-state index is 12.6. The molecule has 2 rings (SSSR count). The minimum Gasteiger partial charge on any atom is -0.399 e. The zero-order valence-electron chi connectivity index (χ0n) is 10.9. The van der Waals surface area contributed by atoms with E-state index < -0.39 is 10.8 Å². The van der Waals surface area contributed by atoms with Crippen LogP contribution in [0.3, 0.4) is 0 Å². The van der Waals surface area contributed by atoms with Crippen LogP contribution in [0.25, 0.3) is 0 Å². The fourth-order valence-electron chi connectivity index (χ4n) is 2.90. The van der Waals surface area contributed by atoms with Crippen molar-refractivity contribution in [2.75, 3.05) is 5.73 Å². The summed E-state index contributed by atoms with van der Waals surface area (Å²) in [6, 6.07) is 5.23. The van der Waals surface area contributed by atoms with Gasteiger partial charge in [0.25, 0.3) is 0 Å². The lowest BCUT2D eigenvalue weighted by atomic mass is 9.83. The van der Waals surface area contributed by atoms with Crippen LogP contribution in [-0.4, -0.2) is 9.46 Å². The van der Waals surface area contributed by atoms with Crippen molar-refractivity contribution in [2.45, 2.75) is 43.3 Å². The van der Waals surface area contributed by atoms with E-state index >= 15 is 0 Å². The van der Waals surface area contributed by atoms with Crippen LogP contribution in [0.4, 0.5) is 5.69 Å². The van der Waals surface area contributed by atoms with E-state index in [1.54, 1.807) is 18.2 Å². The molecule has 18 heavy (non-hydrogen) atoms. The second kappa shape index (κ2) is 5.62. The Morgan fingerprint density at radius 2 is 1.83 bits per heavy atom. The molecule has 4 heteroatoms. The van der Waals surface area contributed by atoms with Gasteiger partial charge in [0.1, 0.15) is 0 Å². The summed E-state index contributed by atoms with van der Waals surface area (Å²) < 4.78 is 12.6. The number of hydrogen-bond donors (Lipinski definition) is 1. The molecule has 1 aliphatic carbocycles. The van der Waals surface area contributed by atoms with Gasteiger partial charge in [0.05, 0.1) is 20.7 Å². The van der Waals surface area contributed by atoms with E-state index in [4.69, 9.17) is 17.3 Å². The first-order chi connectivity index (χ1) is 8.47. The smallest absolute Gasteiger partial charge is 0.0597 e. The van der Waals surface area contributed by atoms with E-state index in [-0.39, 0.29) is 5.25 Å². The predicted octanol–water partition coefficient (Wildman–Crippen LogP) is 3.85. The average molecular weight is 286 g/mol. The fraction of sp³-hybridized carbons (Fsp3) is 0.571. The van der Waals surface area contributed by atoms with Crippen LogP contribution >= 0.6 is 11.6 Å². The van der Waals surface area contributed by atoms with Gasteiger partial charge in [-0.1, -0.05) is 25.4 Å². The Kier molecular flexibility index (Phi) is 4.33. The molecule has 2 N–H and O–H groups in total. The molecule has 0 radical (unpaired) electrons. The molecular weight excluding hydrogens is 266 g/mol. The zero-order valence-corrected chi connectivity index (χ0v) is 12.4. The monoisotopic (exact) mass is 285 g/mol. The van der Waals surface area contributed by atoms with Crippen LogP contribution in [0, 0.1) is 11.8 Å². The number of rotatable bonds is 2. The predicted molar refractivity (Wildman–Crippen MR) is 78.2 cm³/mol. The van der Waals surface area contributed by atoms with Crippen molar-refractivity contribution in [1.82, 2.24) is 0 Å². The normalized spacial score (nSPS) is 30.1. The summed E-state index contributed by atoms with van der Waals surface area (Å²) in [5.74, 6) is 1.28. The minimum atomic E-state index is -1.05. The Labute approximate surface area is 116 Å². The molecule has 0 spiro atoms. The molecule has 0 bridgehead atoms. The van der Waals surface area contributed by atoms with Crippen molar-refractivity contribution in [3.05, 3.63) is 23.2 Å². The van der Waals surface area contributed by atoms with E-state index in [0.717, 1.165) is 12.8 Å². The maximum atomic E-state index is 12.6. The van der Waals surface area contributed by atoms with Crippen LogP contribution in [0.2, 0.25) is 5.02 Å². The van der Waals surface area contributed by atoms with Crippen molar-refractivity contribution >= 4 is 28.1 Å². The third-order valence-corrected chi connectivity index (χ3v) is 5.81. The van der Waals surface area contributed by atoms with Crippen LogP contribution < -0.4 is 5.73 Å². The van der Waals surface area contributed by atoms with Gasteiger partial charge in [0.15, 0.2) is 0 Å². The molecule has 0 saturated heterocycles. The van der Waals surface area contributed by atoms with E-state index in [2.05, 4.69) is 13.8 Å². The molecule has 3 unspecified atom stereocenters. The second-order valence-corrected chi connectivity index (χ2v) is 7.64. The van der Waals surface area contributed by atoms with Gasteiger partial charge in [-0.3, -0.25) is 4.21 Å². The van der Waals surface area contributed by atoms with Crippen LogP contribution in [0.1, 0.15) is 33.1 Å². The number of nitrogen functional groups attached to an aromatic ring is 1. The Balaban J connectivity index is 2.22. The Hall–Kier alpha value is -0.540. The lowest BCUT2D eigenvalue weighted by Crippen LogP contribution is -2.27. The first-order valence-corrected chi connectivity index (χ1v) is 8.02. The van der Waals surface area contributed by atoms with Gasteiger partial charge in [-0.15, -0.1) is 0 Å². The van der Waals surface area contributed by atoms with Crippen molar-refractivity contribution < 1.29 is 4.21 Å². The van der Waals surface area contributed by atoms with Gasteiger partial charge >= 0.3 is 0 Å². The van der Waals surface area contributed by atoms with Gasteiger partial charge in [-0.25, -0.2) is 0 Å². The van der Waals surface area contributed by atoms with Crippen molar-refractivity contribution in [1.29, 1.82) is 0 Å². The summed E-state index contributed by atoms with van der Waals surface area (Å²) in [6.45, 7) is 4.47. The highest BCUT2D eigenvalue weighted by Crippen LogP contribution is 2.35. The zero-order chi connectivity index (χ0) is 13.3. The molecule has 1 fully saturated rings. The van der Waals surface area contributed by atoms with E-state index in [0.29, 0.717) is 27.4 Å². The van der Waals surface area contributed by atoms with Crippen LogP contribution in [-0.2, 0) is 10.8 Å². The Bertz CT molecular complexity index is 453. The molecule has 2 nitrogen and oxygen atoms in total. The number of halogens is 1. The highest BCUT2D eigenvalue weighted by atomic mass is 35.5. The van der Waals surface area contributed by atoms with Gasteiger partial charge < -0.3 is 5.73 Å². The summed E-state index contributed by atoms with van der Waals surface area (Å²) in [7, 11) is -1.05. The average Bonchev–Trinajstić information content (AvgIpc) is 2.30. The summed E-state index contributed by atoms with van der Waals surface area (Å²) in [6.07, 6.45) is 3.27. The third-order valence-electron chi connectivity index (χ3n) is 3.61. The maximum Gasteiger partial charge on any atom is 0.0597 e.